The van der Waals surface area contributed by atoms with E-state index in [2.05, 4.69) is 15.6 Å². The van der Waals surface area contributed by atoms with Crippen LogP contribution >= 0.6 is 0 Å². The van der Waals surface area contributed by atoms with Crippen molar-refractivity contribution in [1.82, 2.24) is 19.9 Å². The Morgan fingerprint density at radius 3 is 2.41 bits per heavy atom. The van der Waals surface area contributed by atoms with Crippen molar-refractivity contribution in [2.45, 2.75) is 6.54 Å². The molecule has 4 aromatic rings. The van der Waals surface area contributed by atoms with Crippen LogP contribution in [0.4, 0.5) is 5.69 Å². The van der Waals surface area contributed by atoms with E-state index in [9.17, 15) is 14.4 Å². The van der Waals surface area contributed by atoms with E-state index in [1.807, 2.05) is 36.4 Å². The highest BCUT2D eigenvalue weighted by Crippen LogP contribution is 2.26. The summed E-state index contributed by atoms with van der Waals surface area (Å²) < 4.78 is 1.54. The second kappa shape index (κ2) is 7.92. The molecule has 0 atom stereocenters. The Morgan fingerprint density at radius 1 is 0.875 bits per heavy atom. The molecule has 0 radical (unpaired) electrons. The highest BCUT2D eigenvalue weighted by molar-refractivity contribution is 6.22. The van der Waals surface area contributed by atoms with Gasteiger partial charge in [0, 0.05) is 5.56 Å². The Kier molecular flexibility index (Phi) is 4.79. The summed E-state index contributed by atoms with van der Waals surface area (Å²) in [6, 6.07) is 21.0. The lowest BCUT2D eigenvalue weighted by molar-refractivity contribution is 0.0642. The van der Waals surface area contributed by atoms with Gasteiger partial charge in [-0.1, -0.05) is 47.7 Å². The minimum atomic E-state index is -0.411. The minimum absolute atomic E-state index is 0.181. The zero-order chi connectivity index (χ0) is 22.1. The van der Waals surface area contributed by atoms with Gasteiger partial charge >= 0.3 is 0 Å². The van der Waals surface area contributed by atoms with Crippen molar-refractivity contribution >= 4 is 23.4 Å². The summed E-state index contributed by atoms with van der Waals surface area (Å²) in [5.74, 6) is -1.18. The second-order valence-electron chi connectivity index (χ2n) is 7.26. The molecule has 0 aliphatic carbocycles. The van der Waals surface area contributed by atoms with Crippen molar-refractivity contribution in [3.8, 4) is 5.69 Å². The van der Waals surface area contributed by atoms with Gasteiger partial charge in [0.1, 0.15) is 0 Å². The van der Waals surface area contributed by atoms with E-state index in [-0.39, 0.29) is 23.6 Å². The molecule has 0 saturated heterocycles. The van der Waals surface area contributed by atoms with Gasteiger partial charge in [0.15, 0.2) is 0 Å². The number of benzene rings is 3. The topological polar surface area (TPSA) is 97.2 Å². The van der Waals surface area contributed by atoms with E-state index in [0.29, 0.717) is 16.9 Å². The third kappa shape index (κ3) is 3.43. The molecular weight excluding hydrogens is 406 g/mol. The van der Waals surface area contributed by atoms with E-state index in [0.717, 1.165) is 5.56 Å². The molecule has 5 rings (SSSR count). The van der Waals surface area contributed by atoms with Gasteiger partial charge in [0.05, 0.1) is 41.4 Å². The van der Waals surface area contributed by atoms with E-state index in [4.69, 9.17) is 0 Å². The molecule has 0 fully saturated rings. The first-order valence-corrected chi connectivity index (χ1v) is 9.93. The van der Waals surface area contributed by atoms with Crippen molar-refractivity contribution in [2.24, 2.45) is 0 Å². The lowest BCUT2D eigenvalue weighted by atomic mass is 10.1. The maximum absolute atomic E-state index is 12.9. The van der Waals surface area contributed by atoms with Crippen LogP contribution in [-0.2, 0) is 6.54 Å². The Morgan fingerprint density at radius 2 is 1.62 bits per heavy atom. The number of carbonyl (C=O) groups is 3. The van der Waals surface area contributed by atoms with E-state index in [1.54, 1.807) is 41.3 Å². The highest BCUT2D eigenvalue weighted by Gasteiger charge is 2.36. The van der Waals surface area contributed by atoms with Crippen molar-refractivity contribution in [2.75, 3.05) is 5.32 Å². The number of imide groups is 1. The van der Waals surface area contributed by atoms with Gasteiger partial charge in [0.2, 0.25) is 0 Å². The van der Waals surface area contributed by atoms with Crippen LogP contribution in [0.15, 0.2) is 85.2 Å². The quantitative estimate of drug-likeness (QED) is 0.497. The Hall–Kier alpha value is -4.59. The fourth-order valence-corrected chi connectivity index (χ4v) is 3.65. The molecule has 3 amide bonds. The van der Waals surface area contributed by atoms with Gasteiger partial charge in [-0.3, -0.25) is 19.3 Å². The molecule has 8 heteroatoms. The summed E-state index contributed by atoms with van der Waals surface area (Å²) in [4.78, 5) is 39.8. The van der Waals surface area contributed by atoms with Crippen molar-refractivity contribution in [1.29, 1.82) is 0 Å². The van der Waals surface area contributed by atoms with Crippen molar-refractivity contribution < 1.29 is 14.4 Å². The monoisotopic (exact) mass is 423 g/mol. The van der Waals surface area contributed by atoms with Gasteiger partial charge < -0.3 is 5.32 Å². The number of fused-ring (bicyclic) bond motifs is 1. The number of aromatic nitrogens is 3. The van der Waals surface area contributed by atoms with Gasteiger partial charge in [-0.15, -0.1) is 5.10 Å². The number of amides is 3. The molecule has 2 heterocycles. The molecule has 156 valence electrons. The lowest BCUT2D eigenvalue weighted by Crippen LogP contribution is -2.29. The fraction of sp³-hybridized carbons (Fsp3) is 0.0417. The molecule has 0 saturated carbocycles. The maximum Gasteiger partial charge on any atom is 0.261 e. The zero-order valence-electron chi connectivity index (χ0n) is 16.8. The average Bonchev–Trinajstić information content (AvgIpc) is 3.44. The Bertz CT molecular complexity index is 1330. The molecule has 8 nitrogen and oxygen atoms in total. The molecule has 1 aromatic heterocycles. The van der Waals surface area contributed by atoms with Crippen molar-refractivity contribution in [3.05, 3.63) is 107 Å². The van der Waals surface area contributed by atoms with Crippen LogP contribution in [0.5, 0.6) is 0 Å². The van der Waals surface area contributed by atoms with Gasteiger partial charge in [-0.25, -0.2) is 4.68 Å². The molecular formula is C24H17N5O3. The molecule has 0 unspecified atom stereocenters. The van der Waals surface area contributed by atoms with Crippen molar-refractivity contribution in [3.63, 3.8) is 0 Å². The first-order chi connectivity index (χ1) is 15.6. The summed E-state index contributed by atoms with van der Waals surface area (Å²) in [5.41, 5.74) is 2.84. The Balaban J connectivity index is 1.40. The number of carbonyl (C=O) groups excluding carboxylic acids is 3. The number of hydrogen-bond acceptors (Lipinski definition) is 5. The fourth-order valence-electron chi connectivity index (χ4n) is 3.65. The second-order valence-corrected chi connectivity index (χ2v) is 7.26. The molecule has 1 aliphatic heterocycles. The third-order valence-corrected chi connectivity index (χ3v) is 5.24. The first-order valence-electron chi connectivity index (χ1n) is 9.93. The lowest BCUT2D eigenvalue weighted by Gasteiger charge is -2.13. The Labute approximate surface area is 183 Å². The van der Waals surface area contributed by atoms with Gasteiger partial charge in [-0.05, 0) is 35.9 Å². The predicted molar refractivity (Wildman–Crippen MR) is 116 cm³/mol. The van der Waals surface area contributed by atoms with Crippen LogP contribution in [-0.4, -0.2) is 37.6 Å². The number of nitrogens with one attached hydrogen (secondary N) is 1. The zero-order valence-corrected chi connectivity index (χ0v) is 16.8. The summed E-state index contributed by atoms with van der Waals surface area (Å²) in [6.07, 6.45) is 3.22. The molecule has 32 heavy (non-hydrogen) atoms. The largest absolute Gasteiger partial charge is 0.320 e. The molecule has 1 aliphatic rings. The van der Waals surface area contributed by atoms with Crippen LogP contribution in [0.3, 0.4) is 0 Å². The number of nitrogens with zero attached hydrogens (tertiary/aromatic N) is 4. The standard InChI is InChI=1S/C24H17N5O3/c30-22(26-20-8-4-5-9-21(20)29-13-12-25-27-29)17-10-11-18-19(14-17)24(32)28(23(18)31)15-16-6-2-1-3-7-16/h1-14H,15H2,(H,26,30). The van der Waals surface area contributed by atoms with E-state index in [1.165, 1.54) is 17.0 Å². The predicted octanol–water partition coefficient (Wildman–Crippen LogP) is 3.32. The van der Waals surface area contributed by atoms with Crippen LogP contribution < -0.4 is 5.32 Å². The normalized spacial score (nSPS) is 12.7. The molecule has 0 bridgehead atoms. The number of para-hydroxylation sites is 2. The van der Waals surface area contributed by atoms with Crippen LogP contribution in [0.1, 0.15) is 36.6 Å². The summed E-state index contributed by atoms with van der Waals surface area (Å²) in [6.45, 7) is 0.181. The molecule has 0 spiro atoms. The molecule has 1 N–H and O–H groups in total. The average molecular weight is 423 g/mol. The number of rotatable bonds is 5. The summed E-state index contributed by atoms with van der Waals surface area (Å²) in [7, 11) is 0. The maximum atomic E-state index is 12.9. The minimum Gasteiger partial charge on any atom is -0.320 e. The number of hydrogen-bond donors (Lipinski definition) is 1. The van der Waals surface area contributed by atoms with Crippen LogP contribution in [0.2, 0.25) is 0 Å². The van der Waals surface area contributed by atoms with E-state index < -0.39 is 11.8 Å². The van der Waals surface area contributed by atoms with E-state index >= 15 is 0 Å². The summed E-state index contributed by atoms with van der Waals surface area (Å²) in [5, 5.41) is 10.6. The van der Waals surface area contributed by atoms with Crippen LogP contribution in [0.25, 0.3) is 5.69 Å². The molecule has 3 aromatic carbocycles. The van der Waals surface area contributed by atoms with Gasteiger partial charge in [-0.2, -0.15) is 0 Å². The summed E-state index contributed by atoms with van der Waals surface area (Å²) >= 11 is 0. The van der Waals surface area contributed by atoms with Crippen LogP contribution in [0, 0.1) is 0 Å². The van der Waals surface area contributed by atoms with Gasteiger partial charge in [0.25, 0.3) is 17.7 Å². The third-order valence-electron chi connectivity index (χ3n) is 5.24. The smallest absolute Gasteiger partial charge is 0.261 e. The highest BCUT2D eigenvalue weighted by atomic mass is 16.2. The number of anilines is 1. The first kappa shape index (κ1) is 19.4. The SMILES string of the molecule is O=C(Nc1ccccc1-n1ccnn1)c1ccc2c(c1)C(=O)N(Cc1ccccc1)C2=O.